The SMILES string of the molecule is O=C(CCc1nc(-c2ccsc2)no1)N[C@H](c1ccccc1)c1ccc(Br)cc1F. The zero-order chi connectivity index (χ0) is 20.9. The number of hydrogen-bond donors (Lipinski definition) is 1. The molecule has 152 valence electrons. The second-order valence-corrected chi connectivity index (χ2v) is 8.30. The van der Waals surface area contributed by atoms with Crippen molar-refractivity contribution in [1.29, 1.82) is 0 Å². The lowest BCUT2D eigenvalue weighted by atomic mass is 9.98. The molecule has 1 amide bonds. The van der Waals surface area contributed by atoms with Crippen molar-refractivity contribution >= 4 is 33.2 Å². The maximum atomic E-state index is 14.6. The third-order valence-electron chi connectivity index (χ3n) is 4.53. The van der Waals surface area contributed by atoms with E-state index in [2.05, 4.69) is 31.4 Å². The molecule has 0 spiro atoms. The number of carbonyl (C=O) groups excluding carboxylic acids is 1. The molecule has 4 rings (SSSR count). The highest BCUT2D eigenvalue weighted by molar-refractivity contribution is 9.10. The first-order valence-corrected chi connectivity index (χ1v) is 11.0. The number of thiophene rings is 1. The Balaban J connectivity index is 1.47. The highest BCUT2D eigenvalue weighted by Gasteiger charge is 2.21. The average Bonchev–Trinajstić information content (AvgIpc) is 3.43. The largest absolute Gasteiger partial charge is 0.345 e. The Morgan fingerprint density at radius 1 is 1.20 bits per heavy atom. The Kier molecular flexibility index (Phi) is 6.35. The van der Waals surface area contributed by atoms with Crippen LogP contribution < -0.4 is 5.32 Å². The van der Waals surface area contributed by atoms with E-state index in [1.807, 2.05) is 47.2 Å². The standard InChI is InChI=1S/C22H17BrFN3O2S/c23-16-6-7-17(18(24)12-16)21(14-4-2-1-3-5-14)25-19(28)8-9-20-26-22(27-29-20)15-10-11-30-13-15/h1-7,10-13,21H,8-9H2,(H,25,28)/t21-/m1/s1. The number of amides is 1. The first-order chi connectivity index (χ1) is 14.6. The van der Waals surface area contributed by atoms with E-state index >= 15 is 0 Å². The van der Waals surface area contributed by atoms with Crippen LogP contribution in [0.15, 0.2) is 74.4 Å². The molecule has 0 aliphatic rings. The maximum Gasteiger partial charge on any atom is 0.227 e. The van der Waals surface area contributed by atoms with Crippen molar-refractivity contribution in [1.82, 2.24) is 15.5 Å². The summed E-state index contributed by atoms with van der Waals surface area (Å²) in [5.74, 6) is 0.264. The lowest BCUT2D eigenvalue weighted by molar-refractivity contribution is -0.121. The predicted molar refractivity (Wildman–Crippen MR) is 116 cm³/mol. The molecule has 1 N–H and O–H groups in total. The molecule has 5 nitrogen and oxygen atoms in total. The van der Waals surface area contributed by atoms with Gasteiger partial charge in [-0.05, 0) is 29.1 Å². The van der Waals surface area contributed by atoms with Gasteiger partial charge < -0.3 is 9.84 Å². The fourth-order valence-corrected chi connectivity index (χ4v) is 4.01. The van der Waals surface area contributed by atoms with Gasteiger partial charge in [0, 0.05) is 33.8 Å². The monoisotopic (exact) mass is 485 g/mol. The summed E-state index contributed by atoms with van der Waals surface area (Å²) in [6.07, 6.45) is 0.444. The van der Waals surface area contributed by atoms with E-state index in [1.54, 1.807) is 23.5 Å². The van der Waals surface area contributed by atoms with Gasteiger partial charge in [0.15, 0.2) is 0 Å². The molecule has 0 fully saturated rings. The summed E-state index contributed by atoms with van der Waals surface area (Å²) in [5, 5.41) is 10.7. The van der Waals surface area contributed by atoms with Gasteiger partial charge >= 0.3 is 0 Å². The molecule has 0 radical (unpaired) electrons. The van der Waals surface area contributed by atoms with E-state index < -0.39 is 11.9 Å². The Labute approximate surface area is 185 Å². The molecule has 4 aromatic rings. The van der Waals surface area contributed by atoms with E-state index in [-0.39, 0.29) is 12.3 Å². The van der Waals surface area contributed by atoms with E-state index in [1.165, 1.54) is 6.07 Å². The molecule has 0 unspecified atom stereocenters. The zero-order valence-electron chi connectivity index (χ0n) is 15.7. The number of nitrogens with zero attached hydrogens (tertiary/aromatic N) is 2. The molecule has 2 heterocycles. The first-order valence-electron chi connectivity index (χ1n) is 9.24. The van der Waals surface area contributed by atoms with Crippen LogP contribution in [0.4, 0.5) is 4.39 Å². The number of nitrogens with one attached hydrogen (secondary N) is 1. The maximum absolute atomic E-state index is 14.6. The summed E-state index contributed by atoms with van der Waals surface area (Å²) >= 11 is 4.82. The van der Waals surface area contributed by atoms with Crippen LogP contribution >= 0.6 is 27.3 Å². The van der Waals surface area contributed by atoms with Crippen LogP contribution in [0, 0.1) is 5.82 Å². The fourth-order valence-electron chi connectivity index (χ4n) is 3.04. The summed E-state index contributed by atoms with van der Waals surface area (Å²) in [6.45, 7) is 0. The van der Waals surface area contributed by atoms with Crippen molar-refractivity contribution in [3.63, 3.8) is 0 Å². The van der Waals surface area contributed by atoms with Gasteiger partial charge in [0.2, 0.25) is 17.6 Å². The Bertz CT molecular complexity index is 1130. The molecular weight excluding hydrogens is 469 g/mol. The summed E-state index contributed by atoms with van der Waals surface area (Å²) in [7, 11) is 0. The minimum Gasteiger partial charge on any atom is -0.345 e. The zero-order valence-corrected chi connectivity index (χ0v) is 18.1. The molecule has 0 aliphatic carbocycles. The number of rotatable bonds is 7. The van der Waals surface area contributed by atoms with Crippen molar-refractivity contribution in [3.05, 3.63) is 92.7 Å². The van der Waals surface area contributed by atoms with E-state index in [0.717, 1.165) is 11.1 Å². The normalized spacial score (nSPS) is 11.9. The first kappa shape index (κ1) is 20.4. The third kappa shape index (κ3) is 4.83. The number of aromatic nitrogens is 2. The highest BCUT2D eigenvalue weighted by Crippen LogP contribution is 2.27. The lowest BCUT2D eigenvalue weighted by Gasteiger charge is -2.20. The molecule has 2 aromatic heterocycles. The van der Waals surface area contributed by atoms with Gasteiger partial charge in [0.25, 0.3) is 0 Å². The second-order valence-electron chi connectivity index (χ2n) is 6.60. The molecular formula is C22H17BrFN3O2S. The van der Waals surface area contributed by atoms with Crippen LogP contribution in [0.3, 0.4) is 0 Å². The summed E-state index contributed by atoms with van der Waals surface area (Å²) in [5.41, 5.74) is 2.08. The summed E-state index contributed by atoms with van der Waals surface area (Å²) < 4.78 is 20.5. The number of benzene rings is 2. The van der Waals surface area contributed by atoms with Crippen molar-refractivity contribution in [2.45, 2.75) is 18.9 Å². The smallest absolute Gasteiger partial charge is 0.227 e. The van der Waals surface area contributed by atoms with Gasteiger partial charge in [0.05, 0.1) is 6.04 Å². The van der Waals surface area contributed by atoms with Crippen LogP contribution in [0.5, 0.6) is 0 Å². The third-order valence-corrected chi connectivity index (χ3v) is 5.70. The Morgan fingerprint density at radius 3 is 2.77 bits per heavy atom. The Morgan fingerprint density at radius 2 is 2.03 bits per heavy atom. The predicted octanol–water partition coefficient (Wildman–Crippen LogP) is 5.54. The lowest BCUT2D eigenvalue weighted by Crippen LogP contribution is -2.30. The molecule has 2 aromatic carbocycles. The van der Waals surface area contributed by atoms with Crippen molar-refractivity contribution in [3.8, 4) is 11.4 Å². The highest BCUT2D eigenvalue weighted by atomic mass is 79.9. The quantitative estimate of drug-likeness (QED) is 0.373. The minimum absolute atomic E-state index is 0.146. The molecule has 0 saturated carbocycles. The molecule has 0 bridgehead atoms. The van der Waals surface area contributed by atoms with Gasteiger partial charge in [-0.15, -0.1) is 0 Å². The van der Waals surface area contributed by atoms with Crippen LogP contribution in [0.1, 0.15) is 29.5 Å². The van der Waals surface area contributed by atoms with E-state index in [4.69, 9.17) is 4.52 Å². The van der Waals surface area contributed by atoms with Gasteiger partial charge in [-0.2, -0.15) is 16.3 Å². The molecule has 1 atom stereocenters. The summed E-state index contributed by atoms with van der Waals surface area (Å²) in [6, 6.07) is 15.4. The topological polar surface area (TPSA) is 68.0 Å². The number of halogens is 2. The van der Waals surface area contributed by atoms with Gasteiger partial charge in [-0.25, -0.2) is 4.39 Å². The van der Waals surface area contributed by atoms with E-state index in [0.29, 0.717) is 28.2 Å². The second kappa shape index (κ2) is 9.32. The summed E-state index contributed by atoms with van der Waals surface area (Å²) in [4.78, 5) is 17.0. The van der Waals surface area contributed by atoms with Gasteiger partial charge in [-0.3, -0.25) is 4.79 Å². The molecule has 0 aliphatic heterocycles. The molecule has 0 saturated heterocycles. The van der Waals surface area contributed by atoms with Crippen LogP contribution in [-0.4, -0.2) is 16.0 Å². The number of carbonyl (C=O) groups is 1. The number of aryl methyl sites for hydroxylation is 1. The average molecular weight is 486 g/mol. The van der Waals surface area contributed by atoms with Crippen LogP contribution in [-0.2, 0) is 11.2 Å². The van der Waals surface area contributed by atoms with Crippen molar-refractivity contribution in [2.75, 3.05) is 0 Å². The Hall–Kier alpha value is -2.84. The fraction of sp³-hybridized carbons (Fsp3) is 0.136. The molecule has 8 heteroatoms. The number of hydrogen-bond acceptors (Lipinski definition) is 5. The van der Waals surface area contributed by atoms with Crippen molar-refractivity contribution < 1.29 is 13.7 Å². The van der Waals surface area contributed by atoms with Crippen molar-refractivity contribution in [2.24, 2.45) is 0 Å². The van der Waals surface area contributed by atoms with Crippen LogP contribution in [0.25, 0.3) is 11.4 Å². The minimum atomic E-state index is -0.601. The molecule has 30 heavy (non-hydrogen) atoms. The van der Waals surface area contributed by atoms with Gasteiger partial charge in [0.1, 0.15) is 5.82 Å². The van der Waals surface area contributed by atoms with E-state index in [9.17, 15) is 9.18 Å². The van der Waals surface area contributed by atoms with Gasteiger partial charge in [-0.1, -0.05) is 57.5 Å². The van der Waals surface area contributed by atoms with Crippen LogP contribution in [0.2, 0.25) is 0 Å².